The van der Waals surface area contributed by atoms with Gasteiger partial charge in [0.15, 0.2) is 0 Å². The van der Waals surface area contributed by atoms with Crippen molar-refractivity contribution in [3.05, 3.63) is 23.3 Å². The molecule has 3 aliphatic rings. The van der Waals surface area contributed by atoms with Crippen LogP contribution in [-0.4, -0.2) is 12.1 Å². The summed E-state index contributed by atoms with van der Waals surface area (Å²) in [6, 6.07) is 1.49. The minimum Gasteiger partial charge on any atom is -0.303 e. The van der Waals surface area contributed by atoms with Gasteiger partial charge >= 0.3 is 0 Å². The van der Waals surface area contributed by atoms with Crippen LogP contribution in [0.15, 0.2) is 23.3 Å². The fraction of sp³-hybridized carbons (Fsp3) is 0.500. The van der Waals surface area contributed by atoms with Crippen LogP contribution in [0.4, 0.5) is 0 Å². The Morgan fingerprint density at radius 3 is 2.00 bits per heavy atom. The van der Waals surface area contributed by atoms with Gasteiger partial charge in [0.25, 0.3) is 0 Å². The first-order chi connectivity index (χ1) is 4.45. The first kappa shape index (κ1) is 4.29. The molecule has 0 aromatic heterocycles. The lowest BCUT2D eigenvalue weighted by Crippen LogP contribution is -2.20. The Kier molecular flexibility index (Phi) is 0.544. The van der Waals surface area contributed by atoms with E-state index in [2.05, 4.69) is 17.5 Å². The lowest BCUT2D eigenvalue weighted by atomic mass is 9.85. The van der Waals surface area contributed by atoms with Gasteiger partial charge in [-0.15, -0.1) is 0 Å². The Hall–Kier alpha value is -0.560. The molecule has 2 aliphatic heterocycles. The molecule has 1 aliphatic carbocycles. The van der Waals surface area contributed by atoms with Crippen LogP contribution < -0.4 is 5.32 Å². The van der Waals surface area contributed by atoms with E-state index >= 15 is 0 Å². The van der Waals surface area contributed by atoms with Crippen molar-refractivity contribution in [3.63, 3.8) is 0 Å². The standard InChI is InChI=1S/C8H9N/c1-2-6-5(1)7-3-4-8(6)9-7/h1-2,7-9H,3-4H2. The maximum Gasteiger partial charge on any atom is 0.0329 e. The van der Waals surface area contributed by atoms with Crippen molar-refractivity contribution in [1.82, 2.24) is 5.32 Å². The van der Waals surface area contributed by atoms with Crippen LogP contribution in [0.3, 0.4) is 0 Å². The average Bonchev–Trinajstić information content (AvgIpc) is 2.18. The molecule has 0 spiro atoms. The van der Waals surface area contributed by atoms with Gasteiger partial charge in [-0.3, -0.25) is 0 Å². The van der Waals surface area contributed by atoms with Gasteiger partial charge in [0.1, 0.15) is 0 Å². The van der Waals surface area contributed by atoms with Crippen molar-refractivity contribution in [3.8, 4) is 0 Å². The first-order valence-corrected chi connectivity index (χ1v) is 3.63. The number of fused-ring (bicyclic) bond motifs is 4. The third-order valence-corrected chi connectivity index (χ3v) is 2.67. The number of rotatable bonds is 0. The van der Waals surface area contributed by atoms with E-state index in [1.165, 1.54) is 12.8 Å². The van der Waals surface area contributed by atoms with E-state index in [9.17, 15) is 0 Å². The van der Waals surface area contributed by atoms with Gasteiger partial charge in [0, 0.05) is 12.1 Å². The maximum atomic E-state index is 3.55. The van der Waals surface area contributed by atoms with Gasteiger partial charge in [-0.1, -0.05) is 12.2 Å². The van der Waals surface area contributed by atoms with Crippen LogP contribution >= 0.6 is 0 Å². The zero-order valence-corrected chi connectivity index (χ0v) is 5.22. The molecule has 0 amide bonds. The summed E-state index contributed by atoms with van der Waals surface area (Å²) < 4.78 is 0. The summed E-state index contributed by atoms with van der Waals surface area (Å²) in [5, 5.41) is 3.55. The van der Waals surface area contributed by atoms with E-state index in [-0.39, 0.29) is 0 Å². The largest absolute Gasteiger partial charge is 0.303 e. The summed E-state index contributed by atoms with van der Waals surface area (Å²) >= 11 is 0. The fourth-order valence-corrected chi connectivity index (χ4v) is 2.14. The summed E-state index contributed by atoms with van der Waals surface area (Å²) in [4.78, 5) is 0. The van der Waals surface area contributed by atoms with Crippen molar-refractivity contribution in [1.29, 1.82) is 0 Å². The van der Waals surface area contributed by atoms with Gasteiger partial charge in [0.05, 0.1) is 0 Å². The first-order valence-electron chi connectivity index (χ1n) is 3.63. The van der Waals surface area contributed by atoms with E-state index in [1.807, 2.05) is 0 Å². The molecule has 2 bridgehead atoms. The fourth-order valence-electron chi connectivity index (χ4n) is 2.14. The topological polar surface area (TPSA) is 12.0 Å². The van der Waals surface area contributed by atoms with Crippen molar-refractivity contribution in [2.24, 2.45) is 0 Å². The number of hydrogen-bond donors (Lipinski definition) is 1. The summed E-state index contributed by atoms with van der Waals surface area (Å²) in [7, 11) is 0. The van der Waals surface area contributed by atoms with Crippen molar-refractivity contribution in [2.75, 3.05) is 0 Å². The monoisotopic (exact) mass is 119 g/mol. The molecule has 0 radical (unpaired) electrons. The van der Waals surface area contributed by atoms with Crippen molar-refractivity contribution < 1.29 is 0 Å². The van der Waals surface area contributed by atoms with Crippen LogP contribution in [0.25, 0.3) is 0 Å². The van der Waals surface area contributed by atoms with E-state index < -0.39 is 0 Å². The van der Waals surface area contributed by atoms with Gasteiger partial charge in [-0.2, -0.15) is 0 Å². The van der Waals surface area contributed by atoms with Crippen LogP contribution in [0.5, 0.6) is 0 Å². The van der Waals surface area contributed by atoms with Gasteiger partial charge in [-0.05, 0) is 24.0 Å². The Balaban J connectivity index is 2.13. The molecule has 1 fully saturated rings. The molecule has 2 atom stereocenters. The van der Waals surface area contributed by atoms with E-state index in [0.717, 1.165) is 12.1 Å². The molecule has 1 N–H and O–H groups in total. The minimum absolute atomic E-state index is 0.745. The van der Waals surface area contributed by atoms with Gasteiger partial charge in [-0.25, -0.2) is 0 Å². The summed E-state index contributed by atoms with van der Waals surface area (Å²) in [5.74, 6) is 0. The minimum atomic E-state index is 0.745. The lowest BCUT2D eigenvalue weighted by molar-refractivity contribution is 0.704. The molecule has 0 aromatic carbocycles. The van der Waals surface area contributed by atoms with Crippen LogP contribution in [0, 0.1) is 0 Å². The molecule has 2 unspecified atom stereocenters. The van der Waals surface area contributed by atoms with Crippen LogP contribution in [0.2, 0.25) is 0 Å². The van der Waals surface area contributed by atoms with E-state index in [4.69, 9.17) is 0 Å². The van der Waals surface area contributed by atoms with Crippen LogP contribution in [-0.2, 0) is 0 Å². The normalized spacial score (nSPS) is 43.6. The van der Waals surface area contributed by atoms with Gasteiger partial charge in [0.2, 0.25) is 0 Å². The molecule has 1 saturated heterocycles. The Labute approximate surface area is 54.4 Å². The lowest BCUT2D eigenvalue weighted by Gasteiger charge is -2.18. The Morgan fingerprint density at radius 2 is 1.67 bits per heavy atom. The highest BCUT2D eigenvalue weighted by atomic mass is 15.0. The quantitative estimate of drug-likeness (QED) is 0.501. The third-order valence-electron chi connectivity index (χ3n) is 2.67. The third kappa shape index (κ3) is 0.340. The second-order valence-corrected chi connectivity index (χ2v) is 3.09. The summed E-state index contributed by atoms with van der Waals surface area (Å²) in [6.07, 6.45) is 7.25. The molecular formula is C8H9N. The smallest absolute Gasteiger partial charge is 0.0329 e. The van der Waals surface area contributed by atoms with Crippen molar-refractivity contribution >= 4 is 0 Å². The zero-order valence-electron chi connectivity index (χ0n) is 5.22. The molecule has 46 valence electrons. The van der Waals surface area contributed by atoms with Crippen molar-refractivity contribution in [2.45, 2.75) is 24.9 Å². The molecule has 0 aromatic rings. The second kappa shape index (κ2) is 1.14. The predicted molar refractivity (Wildman–Crippen MR) is 36.1 cm³/mol. The van der Waals surface area contributed by atoms with Gasteiger partial charge < -0.3 is 5.32 Å². The number of nitrogens with one attached hydrogen (secondary N) is 1. The average molecular weight is 119 g/mol. The number of hydrogen-bond acceptors (Lipinski definition) is 1. The predicted octanol–water partition coefficient (Wildman–Crippen LogP) is 0.987. The Morgan fingerprint density at radius 1 is 1.11 bits per heavy atom. The molecule has 1 heteroatoms. The molecular weight excluding hydrogens is 110 g/mol. The van der Waals surface area contributed by atoms with E-state index in [0.29, 0.717) is 0 Å². The highest BCUT2D eigenvalue weighted by Gasteiger charge is 2.38. The maximum absolute atomic E-state index is 3.55. The summed E-state index contributed by atoms with van der Waals surface area (Å²) in [5.41, 5.74) is 3.21. The highest BCUT2D eigenvalue weighted by Crippen LogP contribution is 2.39. The summed E-state index contributed by atoms with van der Waals surface area (Å²) in [6.45, 7) is 0. The highest BCUT2D eigenvalue weighted by molar-refractivity contribution is 5.55. The molecule has 0 saturated carbocycles. The SMILES string of the molecule is C1=CC2=C1C1CCC2N1. The molecule has 3 rings (SSSR count). The Bertz CT molecular complexity index is 203. The zero-order chi connectivity index (χ0) is 5.84. The molecule has 9 heavy (non-hydrogen) atoms. The second-order valence-electron chi connectivity index (χ2n) is 3.09. The molecule has 1 nitrogen and oxygen atoms in total. The van der Waals surface area contributed by atoms with Crippen LogP contribution in [0.1, 0.15) is 12.8 Å². The molecule has 2 heterocycles. The van der Waals surface area contributed by atoms with E-state index in [1.54, 1.807) is 11.1 Å².